The van der Waals surface area contributed by atoms with Crippen LogP contribution in [0.4, 0.5) is 23.2 Å². The Labute approximate surface area is 119 Å². The van der Waals surface area contributed by atoms with E-state index in [9.17, 15) is 22.7 Å². The minimum atomic E-state index is -1.47. The van der Waals surface area contributed by atoms with E-state index in [0.717, 1.165) is 0 Å². The van der Waals surface area contributed by atoms with Gasteiger partial charge >= 0.3 is 0 Å². The zero-order chi connectivity index (χ0) is 15.6. The molecule has 0 aliphatic rings. The molecule has 0 saturated heterocycles. The molecule has 0 aromatic heterocycles. The standard InChI is InChI=1S/C15H13F4NO/c1-2-12(8-3-5-9(21)6-4-8)20-15-13(18)10(16)7-11(17)14(15)19/h3-7,12,20-21H,2H2,1H3. The van der Waals surface area contributed by atoms with Gasteiger partial charge in [0.2, 0.25) is 0 Å². The number of phenolic OH excluding ortho intramolecular Hbond substituents is 1. The molecule has 2 nitrogen and oxygen atoms in total. The molecular weight excluding hydrogens is 286 g/mol. The highest BCUT2D eigenvalue weighted by atomic mass is 19.2. The summed E-state index contributed by atoms with van der Waals surface area (Å²) >= 11 is 0. The van der Waals surface area contributed by atoms with Crippen molar-refractivity contribution >= 4 is 5.69 Å². The first-order chi connectivity index (χ1) is 9.93. The van der Waals surface area contributed by atoms with E-state index in [1.807, 2.05) is 0 Å². The second-order valence-corrected chi connectivity index (χ2v) is 4.54. The lowest BCUT2D eigenvalue weighted by molar-refractivity contribution is 0.456. The van der Waals surface area contributed by atoms with Gasteiger partial charge in [-0.3, -0.25) is 0 Å². The Balaban J connectivity index is 2.37. The Hall–Kier alpha value is -2.24. The molecule has 0 bridgehead atoms. The van der Waals surface area contributed by atoms with Crippen LogP contribution < -0.4 is 5.32 Å². The number of halogens is 4. The molecule has 6 heteroatoms. The van der Waals surface area contributed by atoms with Crippen molar-refractivity contribution in [3.05, 3.63) is 59.2 Å². The number of hydrogen-bond acceptors (Lipinski definition) is 2. The van der Waals surface area contributed by atoms with Crippen LogP contribution in [0, 0.1) is 23.3 Å². The van der Waals surface area contributed by atoms with E-state index in [0.29, 0.717) is 12.0 Å². The van der Waals surface area contributed by atoms with Gasteiger partial charge in [-0.05, 0) is 24.1 Å². The van der Waals surface area contributed by atoms with Crippen molar-refractivity contribution < 1.29 is 22.7 Å². The van der Waals surface area contributed by atoms with Crippen LogP contribution in [0.3, 0.4) is 0 Å². The van der Waals surface area contributed by atoms with Crippen molar-refractivity contribution in [2.45, 2.75) is 19.4 Å². The third-order valence-corrected chi connectivity index (χ3v) is 3.13. The molecule has 2 N–H and O–H groups in total. The normalized spacial score (nSPS) is 12.2. The largest absolute Gasteiger partial charge is 0.508 e. The van der Waals surface area contributed by atoms with Gasteiger partial charge in [0.15, 0.2) is 23.3 Å². The van der Waals surface area contributed by atoms with Crippen molar-refractivity contribution in [2.24, 2.45) is 0 Å². The number of benzene rings is 2. The van der Waals surface area contributed by atoms with E-state index >= 15 is 0 Å². The predicted molar refractivity (Wildman–Crippen MR) is 71.0 cm³/mol. The molecule has 0 radical (unpaired) electrons. The number of aromatic hydroxyl groups is 1. The lowest BCUT2D eigenvalue weighted by atomic mass is 10.0. The van der Waals surface area contributed by atoms with Gasteiger partial charge in [-0.25, -0.2) is 17.6 Å². The minimum absolute atomic E-state index is 0.0442. The Kier molecular flexibility index (Phi) is 4.35. The molecule has 0 aliphatic carbocycles. The minimum Gasteiger partial charge on any atom is -0.508 e. The van der Waals surface area contributed by atoms with Gasteiger partial charge in [0.05, 0.1) is 6.04 Å². The van der Waals surface area contributed by atoms with Crippen LogP contribution in [0.1, 0.15) is 24.9 Å². The van der Waals surface area contributed by atoms with Gasteiger partial charge in [-0.2, -0.15) is 0 Å². The molecule has 0 heterocycles. The Morgan fingerprint density at radius 2 is 1.52 bits per heavy atom. The maximum Gasteiger partial charge on any atom is 0.185 e. The molecule has 2 rings (SSSR count). The molecule has 2 aromatic rings. The predicted octanol–water partition coefficient (Wildman–Crippen LogP) is 4.51. The average Bonchev–Trinajstić information content (AvgIpc) is 2.47. The van der Waals surface area contributed by atoms with Gasteiger partial charge in [0, 0.05) is 6.07 Å². The smallest absolute Gasteiger partial charge is 0.185 e. The van der Waals surface area contributed by atoms with Crippen LogP contribution in [0.25, 0.3) is 0 Å². The van der Waals surface area contributed by atoms with Gasteiger partial charge in [-0.1, -0.05) is 19.1 Å². The number of hydrogen-bond donors (Lipinski definition) is 2. The van der Waals surface area contributed by atoms with Crippen LogP contribution in [0.5, 0.6) is 5.75 Å². The van der Waals surface area contributed by atoms with E-state index in [-0.39, 0.29) is 11.8 Å². The van der Waals surface area contributed by atoms with E-state index in [1.165, 1.54) is 12.1 Å². The summed E-state index contributed by atoms with van der Waals surface area (Å²) in [4.78, 5) is 0. The van der Waals surface area contributed by atoms with E-state index in [1.54, 1.807) is 19.1 Å². The van der Waals surface area contributed by atoms with Crippen LogP contribution in [-0.2, 0) is 0 Å². The molecule has 0 fully saturated rings. The second-order valence-electron chi connectivity index (χ2n) is 4.54. The van der Waals surface area contributed by atoms with Crippen molar-refractivity contribution in [2.75, 3.05) is 5.32 Å². The number of anilines is 1. The molecule has 2 aromatic carbocycles. The third kappa shape index (κ3) is 3.09. The summed E-state index contributed by atoms with van der Waals surface area (Å²) in [5.41, 5.74) is -0.216. The summed E-state index contributed by atoms with van der Waals surface area (Å²) in [6.45, 7) is 1.75. The van der Waals surface area contributed by atoms with Crippen molar-refractivity contribution in [3.63, 3.8) is 0 Å². The monoisotopic (exact) mass is 299 g/mol. The zero-order valence-corrected chi connectivity index (χ0v) is 11.1. The van der Waals surface area contributed by atoms with Crippen molar-refractivity contribution in [1.29, 1.82) is 0 Å². The van der Waals surface area contributed by atoms with Gasteiger partial charge in [-0.15, -0.1) is 0 Å². The fraction of sp³-hybridized carbons (Fsp3) is 0.200. The molecule has 0 saturated carbocycles. The molecule has 0 spiro atoms. The van der Waals surface area contributed by atoms with Gasteiger partial charge in [0.1, 0.15) is 11.4 Å². The van der Waals surface area contributed by atoms with Crippen LogP contribution in [0.2, 0.25) is 0 Å². The van der Waals surface area contributed by atoms with Crippen molar-refractivity contribution in [1.82, 2.24) is 0 Å². The highest BCUT2D eigenvalue weighted by Crippen LogP contribution is 2.30. The summed E-state index contributed by atoms with van der Waals surface area (Å²) in [6.07, 6.45) is 0.418. The maximum atomic E-state index is 13.6. The maximum absolute atomic E-state index is 13.6. The lowest BCUT2D eigenvalue weighted by Crippen LogP contribution is -2.13. The van der Waals surface area contributed by atoms with Gasteiger partial charge < -0.3 is 10.4 Å². The number of nitrogens with one attached hydrogen (secondary N) is 1. The van der Waals surface area contributed by atoms with Crippen LogP contribution in [-0.4, -0.2) is 5.11 Å². The molecule has 112 valence electrons. The first kappa shape index (κ1) is 15.2. The number of phenols is 1. The molecule has 0 aliphatic heterocycles. The quantitative estimate of drug-likeness (QED) is 0.643. The SMILES string of the molecule is CCC(Nc1c(F)c(F)cc(F)c1F)c1ccc(O)cc1. The Bertz CT molecular complexity index is 617. The molecule has 1 atom stereocenters. The second kappa shape index (κ2) is 6.03. The first-order valence-corrected chi connectivity index (χ1v) is 6.32. The highest BCUT2D eigenvalue weighted by Gasteiger charge is 2.21. The van der Waals surface area contributed by atoms with Gasteiger partial charge in [0.25, 0.3) is 0 Å². The molecular formula is C15H13F4NO. The number of rotatable bonds is 4. The van der Waals surface area contributed by atoms with E-state index in [2.05, 4.69) is 5.32 Å². The molecule has 0 amide bonds. The summed E-state index contributed by atoms with van der Waals surface area (Å²) in [7, 11) is 0. The lowest BCUT2D eigenvalue weighted by Gasteiger charge is -2.20. The zero-order valence-electron chi connectivity index (χ0n) is 11.1. The average molecular weight is 299 g/mol. The fourth-order valence-corrected chi connectivity index (χ4v) is 2.00. The van der Waals surface area contributed by atoms with Crippen LogP contribution >= 0.6 is 0 Å². The summed E-state index contributed by atoms with van der Waals surface area (Å²) in [5, 5.41) is 11.7. The Morgan fingerprint density at radius 3 is 2.00 bits per heavy atom. The fourth-order valence-electron chi connectivity index (χ4n) is 2.00. The summed E-state index contributed by atoms with van der Waals surface area (Å²) in [6, 6.07) is 5.55. The highest BCUT2D eigenvalue weighted by molar-refractivity contribution is 5.49. The summed E-state index contributed by atoms with van der Waals surface area (Å²) in [5.74, 6) is -5.81. The topological polar surface area (TPSA) is 32.3 Å². The van der Waals surface area contributed by atoms with E-state index < -0.39 is 35.0 Å². The van der Waals surface area contributed by atoms with Crippen molar-refractivity contribution in [3.8, 4) is 5.75 Å². The Morgan fingerprint density at radius 1 is 1.00 bits per heavy atom. The first-order valence-electron chi connectivity index (χ1n) is 6.32. The van der Waals surface area contributed by atoms with Crippen LogP contribution in [0.15, 0.2) is 30.3 Å². The third-order valence-electron chi connectivity index (χ3n) is 3.13. The molecule has 1 unspecified atom stereocenters. The van der Waals surface area contributed by atoms with E-state index in [4.69, 9.17) is 0 Å². The molecule has 21 heavy (non-hydrogen) atoms. The summed E-state index contributed by atoms with van der Waals surface area (Å²) < 4.78 is 53.6.